The number of Topliss-reactive ketones (excluding diaryl/α,β-unsaturated/α-hetero) is 4. The van der Waals surface area contributed by atoms with Crippen LogP contribution in [0.15, 0.2) is 12.1 Å². The Morgan fingerprint density at radius 2 is 1.73 bits per heavy atom. The molecule has 0 spiro atoms. The summed E-state index contributed by atoms with van der Waals surface area (Å²) in [6.07, 6.45) is 1.01. The molecule has 41 heavy (non-hydrogen) atoms. The fraction of sp³-hybridized carbons (Fsp3) is 0.645. The number of primary amides is 1. The molecule has 1 amide bonds. The van der Waals surface area contributed by atoms with Crippen molar-refractivity contribution in [3.05, 3.63) is 28.8 Å². The first-order chi connectivity index (χ1) is 18.9. The highest BCUT2D eigenvalue weighted by molar-refractivity contribution is 6.32. The van der Waals surface area contributed by atoms with Gasteiger partial charge in [-0.05, 0) is 43.3 Å². The average Bonchev–Trinajstić information content (AvgIpc) is 2.85. The molecule has 224 valence electrons. The van der Waals surface area contributed by atoms with E-state index in [4.69, 9.17) is 5.73 Å². The van der Waals surface area contributed by atoms with Gasteiger partial charge in [-0.1, -0.05) is 59.6 Å². The topological polar surface area (TPSA) is 175 Å². The van der Waals surface area contributed by atoms with Crippen LogP contribution in [0.25, 0.3) is 0 Å². The number of amides is 1. The number of hydrogen-bond donors (Lipinski definition) is 4. The maximum absolute atomic E-state index is 14.1. The summed E-state index contributed by atoms with van der Waals surface area (Å²) in [5.74, 6) is -12.5. The largest absolute Gasteiger partial charge is 0.507 e. The number of nitrogens with two attached hydrogens (primary N) is 1. The number of hydrogen-bond acceptors (Lipinski definition) is 9. The Hall–Kier alpha value is -2.95. The molecule has 10 nitrogen and oxygen atoms in total. The maximum atomic E-state index is 14.1. The lowest BCUT2D eigenvalue weighted by Gasteiger charge is -2.56. The molecule has 10 heteroatoms. The van der Waals surface area contributed by atoms with Gasteiger partial charge in [0.25, 0.3) is 0 Å². The molecule has 0 aromatic heterocycles. The molecule has 1 aromatic rings. The van der Waals surface area contributed by atoms with E-state index in [0.29, 0.717) is 17.0 Å². The van der Waals surface area contributed by atoms with Crippen molar-refractivity contribution in [2.45, 2.75) is 83.0 Å². The van der Waals surface area contributed by atoms with Crippen molar-refractivity contribution >= 4 is 29.0 Å². The highest BCUT2D eigenvalue weighted by Gasteiger charge is 2.72. The lowest BCUT2D eigenvalue weighted by Crippen LogP contribution is -2.77. The van der Waals surface area contributed by atoms with Gasteiger partial charge in [0.05, 0.1) is 29.5 Å². The maximum Gasteiger partial charge on any atom is 0.235 e. The monoisotopic (exact) mass is 570 g/mol. The number of aliphatic hydroxyl groups is 2. The quantitative estimate of drug-likeness (QED) is 0.354. The molecular weight excluding hydrogens is 528 g/mol. The summed E-state index contributed by atoms with van der Waals surface area (Å²) >= 11 is 0. The number of fused-ring (bicyclic) bond motifs is 3. The van der Waals surface area contributed by atoms with Crippen molar-refractivity contribution in [1.29, 1.82) is 0 Å². The molecule has 0 saturated heterocycles. The van der Waals surface area contributed by atoms with Crippen LogP contribution in [0.5, 0.6) is 5.75 Å². The lowest BCUT2D eigenvalue weighted by molar-refractivity contribution is -0.196. The van der Waals surface area contributed by atoms with Crippen molar-refractivity contribution in [2.24, 2.45) is 35.3 Å². The number of carbonyl (C=O) groups excluding carboxylic acids is 5. The lowest BCUT2D eigenvalue weighted by atomic mass is 9.49. The molecule has 5 N–H and O–H groups in total. The highest BCUT2D eigenvalue weighted by atomic mass is 16.3. The Morgan fingerprint density at radius 3 is 2.27 bits per heavy atom. The number of likely N-dealkylation sites (N-methyl/N-ethyl adjacent to an activating group) is 1. The minimum absolute atomic E-state index is 0.0641. The minimum atomic E-state index is -3.00. The number of phenolic OH excluding ortho intramolecular Hbond substituents is 1. The second-order valence-electron chi connectivity index (χ2n) is 13.5. The third kappa shape index (κ3) is 4.46. The van der Waals surface area contributed by atoms with E-state index in [9.17, 15) is 39.3 Å². The first-order valence-electron chi connectivity index (χ1n) is 14.3. The van der Waals surface area contributed by atoms with Gasteiger partial charge in [-0.3, -0.25) is 28.9 Å². The second kappa shape index (κ2) is 10.4. The molecule has 3 aliphatic carbocycles. The fourth-order valence-electron chi connectivity index (χ4n) is 7.62. The standard InChI is InChI=1S/C31H42N2O8/c1-13(2)9-8-12-30(4,5)16-11-10-15-14(3)17-19(24(35)18(15)23(16)34)27(38)31(41)21(25(17)36)22(33(6)7)26(37)20(28(31)39)29(32)40/h10-11,13-14,17,19-22,25,34,36,41H,8-9,12H2,1-7H3,(H2,32,40)/t14-,17+,19?,20?,21+,22-,25-,31-/m1/s1. The predicted octanol–water partition coefficient (Wildman–Crippen LogP) is 1.50. The van der Waals surface area contributed by atoms with Crippen LogP contribution in [-0.2, 0) is 24.6 Å². The molecule has 3 aliphatic rings. The second-order valence-corrected chi connectivity index (χ2v) is 13.5. The number of carbonyl (C=O) groups is 5. The van der Waals surface area contributed by atoms with E-state index in [1.54, 1.807) is 19.1 Å². The number of phenols is 1. The molecule has 2 unspecified atom stereocenters. The summed E-state index contributed by atoms with van der Waals surface area (Å²) in [7, 11) is 2.93. The van der Waals surface area contributed by atoms with Crippen LogP contribution in [0.3, 0.4) is 0 Å². The molecular formula is C31H42N2O8. The Labute approximate surface area is 240 Å². The van der Waals surface area contributed by atoms with Gasteiger partial charge < -0.3 is 21.1 Å². The Bertz CT molecular complexity index is 1320. The van der Waals surface area contributed by atoms with E-state index in [2.05, 4.69) is 13.8 Å². The van der Waals surface area contributed by atoms with Gasteiger partial charge in [-0.25, -0.2) is 0 Å². The zero-order valence-corrected chi connectivity index (χ0v) is 24.8. The van der Waals surface area contributed by atoms with E-state index in [0.717, 1.165) is 19.3 Å². The Morgan fingerprint density at radius 1 is 1.12 bits per heavy atom. The SMILES string of the molecule is CC(C)CCCC(C)(C)c1ccc2c(c1O)C(=O)C1C(=O)[C@@]3(O)C(=O)C(C(N)=O)C(=O)[C@H](N(C)C)[C@H]3[C@H](O)[C@H]1[C@@H]2C. The van der Waals surface area contributed by atoms with Crippen LogP contribution >= 0.6 is 0 Å². The summed E-state index contributed by atoms with van der Waals surface area (Å²) in [4.78, 5) is 68.5. The number of aromatic hydroxyl groups is 1. The van der Waals surface area contributed by atoms with Gasteiger partial charge in [-0.2, -0.15) is 0 Å². The van der Waals surface area contributed by atoms with E-state index in [1.165, 1.54) is 19.0 Å². The van der Waals surface area contributed by atoms with Crippen LogP contribution in [0.4, 0.5) is 0 Å². The average molecular weight is 571 g/mol. The van der Waals surface area contributed by atoms with Gasteiger partial charge in [0.15, 0.2) is 34.7 Å². The molecule has 0 aliphatic heterocycles. The summed E-state index contributed by atoms with van der Waals surface area (Å²) in [5.41, 5.74) is 2.78. The van der Waals surface area contributed by atoms with Crippen LogP contribution < -0.4 is 5.73 Å². The van der Waals surface area contributed by atoms with E-state index in [1.807, 2.05) is 13.8 Å². The van der Waals surface area contributed by atoms with E-state index >= 15 is 0 Å². The van der Waals surface area contributed by atoms with Crippen molar-refractivity contribution < 1.29 is 39.3 Å². The first-order valence-corrected chi connectivity index (χ1v) is 14.3. The van der Waals surface area contributed by atoms with Crippen LogP contribution in [0.1, 0.15) is 81.3 Å². The van der Waals surface area contributed by atoms with Crippen molar-refractivity contribution in [1.82, 2.24) is 4.90 Å². The zero-order chi connectivity index (χ0) is 30.9. The number of benzene rings is 1. The molecule has 0 radical (unpaired) electrons. The third-order valence-electron chi connectivity index (χ3n) is 9.80. The van der Waals surface area contributed by atoms with Crippen LogP contribution in [0.2, 0.25) is 0 Å². The summed E-state index contributed by atoms with van der Waals surface area (Å²) in [6.45, 7) is 9.92. The van der Waals surface area contributed by atoms with Gasteiger partial charge in [0.1, 0.15) is 5.75 Å². The Kier molecular flexibility index (Phi) is 7.86. The molecule has 2 fully saturated rings. The van der Waals surface area contributed by atoms with E-state index < -0.39 is 81.8 Å². The summed E-state index contributed by atoms with van der Waals surface area (Å²) < 4.78 is 0. The van der Waals surface area contributed by atoms with Crippen LogP contribution in [0, 0.1) is 29.6 Å². The fourth-order valence-corrected chi connectivity index (χ4v) is 7.62. The molecule has 1 aromatic carbocycles. The molecule has 8 atom stereocenters. The number of rotatable bonds is 7. The minimum Gasteiger partial charge on any atom is -0.507 e. The normalized spacial score (nSPS) is 33.6. The van der Waals surface area contributed by atoms with Crippen molar-refractivity contribution in [2.75, 3.05) is 14.1 Å². The first kappa shape index (κ1) is 31.0. The summed E-state index contributed by atoms with van der Waals surface area (Å²) in [5, 5.41) is 35.0. The Balaban J connectivity index is 1.86. The number of aliphatic hydroxyl groups excluding tert-OH is 1. The molecule has 4 rings (SSSR count). The van der Waals surface area contributed by atoms with Gasteiger partial charge in [-0.15, -0.1) is 0 Å². The van der Waals surface area contributed by atoms with Crippen LogP contribution in [-0.4, -0.2) is 81.1 Å². The number of nitrogens with zero attached hydrogens (tertiary/aromatic N) is 1. The van der Waals surface area contributed by atoms with Crippen molar-refractivity contribution in [3.63, 3.8) is 0 Å². The van der Waals surface area contributed by atoms with Gasteiger partial charge in [0, 0.05) is 11.5 Å². The highest BCUT2D eigenvalue weighted by Crippen LogP contribution is 2.55. The zero-order valence-electron chi connectivity index (χ0n) is 24.8. The molecule has 0 heterocycles. The molecule has 0 bridgehead atoms. The summed E-state index contributed by atoms with van der Waals surface area (Å²) in [6, 6.07) is 2.12. The van der Waals surface area contributed by atoms with Gasteiger partial charge in [0.2, 0.25) is 5.91 Å². The number of ketones is 4. The van der Waals surface area contributed by atoms with E-state index in [-0.39, 0.29) is 11.3 Å². The predicted molar refractivity (Wildman–Crippen MR) is 149 cm³/mol. The molecule has 2 saturated carbocycles. The smallest absolute Gasteiger partial charge is 0.235 e. The van der Waals surface area contributed by atoms with Gasteiger partial charge >= 0.3 is 0 Å². The van der Waals surface area contributed by atoms with Crippen molar-refractivity contribution in [3.8, 4) is 5.75 Å². The third-order valence-corrected chi connectivity index (χ3v) is 9.80.